The number of Topliss-reactive ketones (excluding diaryl/α,β-unsaturated/α-hetero) is 1. The minimum Gasteiger partial charge on any atom is -0.495 e. The first kappa shape index (κ1) is 13.3. The zero-order chi connectivity index (χ0) is 14.0. The molecule has 0 fully saturated rings. The van der Waals surface area contributed by atoms with Gasteiger partial charge in [0.2, 0.25) is 0 Å². The minimum absolute atomic E-state index is 0.0875. The van der Waals surface area contributed by atoms with Gasteiger partial charge in [-0.15, -0.1) is 0 Å². The minimum atomic E-state index is -0.143. The number of aromatic nitrogens is 1. The number of hydrogen-bond donors (Lipinski definition) is 1. The summed E-state index contributed by atoms with van der Waals surface area (Å²) < 4.78 is 5.25. The average molecular weight is 259 g/mol. The van der Waals surface area contributed by atoms with E-state index >= 15 is 0 Å². The molecule has 0 spiro atoms. The molecule has 4 heteroatoms. The van der Waals surface area contributed by atoms with Crippen LogP contribution in [0.1, 0.15) is 24.5 Å². The van der Waals surface area contributed by atoms with E-state index in [1.54, 1.807) is 7.11 Å². The zero-order valence-electron chi connectivity index (χ0n) is 11.4. The first-order chi connectivity index (χ1) is 9.04. The Kier molecular flexibility index (Phi) is 3.69. The Labute approximate surface area is 111 Å². The molecule has 0 aliphatic heterocycles. The SMILES string of the molecule is COc1cccc2c(C)c(CCC(C)=O)c(=O)[nH]c12. The highest BCUT2D eigenvalue weighted by molar-refractivity contribution is 5.88. The summed E-state index contributed by atoms with van der Waals surface area (Å²) in [5.41, 5.74) is 2.16. The lowest BCUT2D eigenvalue weighted by molar-refractivity contribution is -0.116. The first-order valence-corrected chi connectivity index (χ1v) is 6.22. The van der Waals surface area contributed by atoms with Gasteiger partial charge in [0.25, 0.3) is 5.56 Å². The number of benzene rings is 1. The van der Waals surface area contributed by atoms with Crippen LogP contribution in [0.2, 0.25) is 0 Å². The van der Waals surface area contributed by atoms with E-state index in [1.807, 2.05) is 25.1 Å². The second-order valence-corrected chi connectivity index (χ2v) is 4.64. The third-order valence-corrected chi connectivity index (χ3v) is 3.34. The van der Waals surface area contributed by atoms with Crippen LogP contribution in [0.5, 0.6) is 5.75 Å². The van der Waals surface area contributed by atoms with Crippen molar-refractivity contribution < 1.29 is 9.53 Å². The van der Waals surface area contributed by atoms with Crippen molar-refractivity contribution in [3.05, 3.63) is 39.7 Å². The molecule has 0 saturated carbocycles. The number of H-pyrrole nitrogens is 1. The van der Waals surface area contributed by atoms with Crippen LogP contribution in [0.15, 0.2) is 23.0 Å². The lowest BCUT2D eigenvalue weighted by atomic mass is 10.00. The van der Waals surface area contributed by atoms with Gasteiger partial charge in [-0.2, -0.15) is 0 Å². The zero-order valence-corrected chi connectivity index (χ0v) is 11.4. The number of fused-ring (bicyclic) bond motifs is 1. The third-order valence-electron chi connectivity index (χ3n) is 3.34. The Morgan fingerprint density at radius 1 is 1.37 bits per heavy atom. The number of para-hydroxylation sites is 1. The normalized spacial score (nSPS) is 10.7. The standard InChI is InChI=1S/C15H17NO3/c1-9(17)7-8-12-10(2)11-5-4-6-13(19-3)14(11)16-15(12)18/h4-6H,7-8H2,1-3H3,(H,16,18). The van der Waals surface area contributed by atoms with Crippen LogP contribution < -0.4 is 10.3 Å². The molecule has 0 aliphatic carbocycles. The lowest BCUT2D eigenvalue weighted by Gasteiger charge is -2.10. The molecule has 1 N–H and O–H groups in total. The summed E-state index contributed by atoms with van der Waals surface area (Å²) in [5.74, 6) is 0.736. The van der Waals surface area contributed by atoms with E-state index in [1.165, 1.54) is 6.92 Å². The van der Waals surface area contributed by atoms with Crippen LogP contribution >= 0.6 is 0 Å². The summed E-state index contributed by atoms with van der Waals surface area (Å²) in [6.45, 7) is 3.44. The number of carbonyl (C=O) groups is 1. The maximum Gasteiger partial charge on any atom is 0.252 e. The number of methoxy groups -OCH3 is 1. The van der Waals surface area contributed by atoms with Gasteiger partial charge in [0.15, 0.2) is 0 Å². The molecule has 0 saturated heterocycles. The number of hydrogen-bond acceptors (Lipinski definition) is 3. The lowest BCUT2D eigenvalue weighted by Crippen LogP contribution is -2.16. The Balaban J connectivity index is 2.62. The summed E-state index contributed by atoms with van der Waals surface area (Å²) in [6.07, 6.45) is 0.864. The molecule has 4 nitrogen and oxygen atoms in total. The van der Waals surface area contributed by atoms with Crippen LogP contribution in [0, 0.1) is 6.92 Å². The van der Waals surface area contributed by atoms with Gasteiger partial charge in [-0.1, -0.05) is 12.1 Å². The number of pyridine rings is 1. The van der Waals surface area contributed by atoms with E-state index in [4.69, 9.17) is 4.74 Å². The topological polar surface area (TPSA) is 59.2 Å². The van der Waals surface area contributed by atoms with Gasteiger partial charge in [-0.3, -0.25) is 4.79 Å². The van der Waals surface area contributed by atoms with Gasteiger partial charge >= 0.3 is 0 Å². The Morgan fingerprint density at radius 3 is 2.74 bits per heavy atom. The van der Waals surface area contributed by atoms with Crippen molar-refractivity contribution in [3.63, 3.8) is 0 Å². The highest BCUT2D eigenvalue weighted by Crippen LogP contribution is 2.26. The molecule has 0 bridgehead atoms. The number of nitrogens with one attached hydrogen (secondary N) is 1. The summed E-state index contributed by atoms with van der Waals surface area (Å²) >= 11 is 0. The van der Waals surface area contributed by atoms with Gasteiger partial charge in [-0.05, 0) is 31.9 Å². The summed E-state index contributed by atoms with van der Waals surface area (Å²) in [5, 5.41) is 0.956. The number of aromatic amines is 1. The molecular formula is C15H17NO3. The van der Waals surface area contributed by atoms with E-state index in [-0.39, 0.29) is 11.3 Å². The average Bonchev–Trinajstić information content (AvgIpc) is 2.37. The highest BCUT2D eigenvalue weighted by Gasteiger charge is 2.12. The summed E-state index contributed by atoms with van der Waals surface area (Å²) in [6, 6.07) is 5.65. The summed E-state index contributed by atoms with van der Waals surface area (Å²) in [4.78, 5) is 26.0. The van der Waals surface area contributed by atoms with E-state index < -0.39 is 0 Å². The number of rotatable bonds is 4. The molecule has 0 aliphatic rings. The van der Waals surface area contributed by atoms with Crippen LogP contribution in [0.4, 0.5) is 0 Å². The van der Waals surface area contributed by atoms with Gasteiger partial charge in [-0.25, -0.2) is 0 Å². The molecule has 19 heavy (non-hydrogen) atoms. The molecule has 0 amide bonds. The van der Waals surface area contributed by atoms with Gasteiger partial charge < -0.3 is 14.5 Å². The van der Waals surface area contributed by atoms with E-state index in [2.05, 4.69) is 4.98 Å². The summed E-state index contributed by atoms with van der Waals surface area (Å²) in [7, 11) is 1.58. The van der Waals surface area contributed by atoms with Crippen LogP contribution in [0.3, 0.4) is 0 Å². The van der Waals surface area contributed by atoms with Crippen molar-refractivity contribution in [2.24, 2.45) is 0 Å². The second kappa shape index (κ2) is 5.26. The quantitative estimate of drug-likeness (QED) is 0.917. The Bertz CT molecular complexity index is 686. The Morgan fingerprint density at radius 2 is 2.11 bits per heavy atom. The van der Waals surface area contributed by atoms with E-state index in [9.17, 15) is 9.59 Å². The van der Waals surface area contributed by atoms with Crippen molar-refractivity contribution >= 4 is 16.7 Å². The predicted octanol–water partition coefficient (Wildman–Crippen LogP) is 2.37. The molecule has 0 unspecified atom stereocenters. The molecule has 2 rings (SSSR count). The molecule has 0 atom stereocenters. The molecule has 1 aromatic carbocycles. The largest absolute Gasteiger partial charge is 0.495 e. The van der Waals surface area contributed by atoms with E-state index in [0.717, 1.165) is 10.9 Å². The monoisotopic (exact) mass is 259 g/mol. The van der Waals surface area contributed by atoms with Crippen molar-refractivity contribution in [1.82, 2.24) is 4.98 Å². The van der Waals surface area contributed by atoms with Gasteiger partial charge in [0.05, 0.1) is 12.6 Å². The predicted molar refractivity (Wildman–Crippen MR) is 74.9 cm³/mol. The molecule has 1 aromatic heterocycles. The van der Waals surface area contributed by atoms with Crippen molar-refractivity contribution in [1.29, 1.82) is 0 Å². The third kappa shape index (κ3) is 2.52. The fraction of sp³-hybridized carbons (Fsp3) is 0.333. The molecule has 100 valence electrons. The van der Waals surface area contributed by atoms with Crippen LogP contribution in [0.25, 0.3) is 10.9 Å². The highest BCUT2D eigenvalue weighted by atomic mass is 16.5. The van der Waals surface area contributed by atoms with Crippen molar-refractivity contribution in [2.45, 2.75) is 26.7 Å². The maximum atomic E-state index is 12.1. The maximum absolute atomic E-state index is 12.1. The van der Waals surface area contributed by atoms with Gasteiger partial charge in [0, 0.05) is 17.4 Å². The second-order valence-electron chi connectivity index (χ2n) is 4.64. The smallest absolute Gasteiger partial charge is 0.252 e. The fourth-order valence-electron chi connectivity index (χ4n) is 2.27. The van der Waals surface area contributed by atoms with Crippen LogP contribution in [-0.4, -0.2) is 17.9 Å². The van der Waals surface area contributed by atoms with Crippen LogP contribution in [-0.2, 0) is 11.2 Å². The number of carbonyl (C=O) groups excluding carboxylic acids is 1. The molecular weight excluding hydrogens is 242 g/mol. The van der Waals surface area contributed by atoms with E-state index in [0.29, 0.717) is 29.7 Å². The first-order valence-electron chi connectivity index (χ1n) is 6.22. The number of ketones is 1. The van der Waals surface area contributed by atoms with Gasteiger partial charge in [0.1, 0.15) is 11.5 Å². The van der Waals surface area contributed by atoms with Crippen molar-refractivity contribution in [2.75, 3.05) is 7.11 Å². The molecule has 2 aromatic rings. The van der Waals surface area contributed by atoms with Crippen molar-refractivity contribution in [3.8, 4) is 5.75 Å². The molecule has 1 heterocycles. The Hall–Kier alpha value is -2.10. The fourth-order valence-corrected chi connectivity index (χ4v) is 2.27. The number of ether oxygens (including phenoxy) is 1. The number of aryl methyl sites for hydroxylation is 1. The molecule has 0 radical (unpaired) electrons.